The fraction of sp³-hybridized carbons (Fsp3) is 0.571. The van der Waals surface area contributed by atoms with Gasteiger partial charge in [0.1, 0.15) is 0 Å². The minimum absolute atomic E-state index is 0.0438. The van der Waals surface area contributed by atoms with Crippen molar-refractivity contribution >= 4 is 5.91 Å². The van der Waals surface area contributed by atoms with E-state index in [0.717, 1.165) is 25.1 Å². The summed E-state index contributed by atoms with van der Waals surface area (Å²) in [4.78, 5) is 16.4. The average molecular weight is 247 g/mol. The summed E-state index contributed by atoms with van der Waals surface area (Å²) in [6.45, 7) is 5.09. The molecule has 1 fully saturated rings. The highest BCUT2D eigenvalue weighted by Gasteiger charge is 2.25. The van der Waals surface area contributed by atoms with Gasteiger partial charge in [0.05, 0.1) is 17.8 Å². The Bertz CT molecular complexity index is 393. The number of hydrogen-bond donors (Lipinski definition) is 2. The van der Waals surface area contributed by atoms with E-state index in [1.165, 1.54) is 0 Å². The summed E-state index contributed by atoms with van der Waals surface area (Å²) in [5, 5.41) is 6.30. The second-order valence-corrected chi connectivity index (χ2v) is 5.12. The van der Waals surface area contributed by atoms with Crippen LogP contribution >= 0.6 is 0 Å². The highest BCUT2D eigenvalue weighted by Crippen LogP contribution is 2.16. The van der Waals surface area contributed by atoms with Gasteiger partial charge in [0.2, 0.25) is 5.91 Å². The van der Waals surface area contributed by atoms with Crippen molar-refractivity contribution in [1.82, 2.24) is 15.6 Å². The van der Waals surface area contributed by atoms with Crippen LogP contribution in [-0.4, -0.2) is 23.5 Å². The van der Waals surface area contributed by atoms with Crippen LogP contribution in [0.2, 0.25) is 0 Å². The van der Waals surface area contributed by atoms with Gasteiger partial charge in [-0.15, -0.1) is 0 Å². The molecule has 3 atom stereocenters. The maximum atomic E-state index is 12.1. The molecule has 1 amide bonds. The molecule has 98 valence electrons. The van der Waals surface area contributed by atoms with Crippen molar-refractivity contribution in [1.29, 1.82) is 0 Å². The van der Waals surface area contributed by atoms with E-state index < -0.39 is 0 Å². The van der Waals surface area contributed by atoms with Crippen LogP contribution in [0.15, 0.2) is 24.4 Å². The molecule has 0 saturated carbocycles. The first kappa shape index (κ1) is 13.0. The van der Waals surface area contributed by atoms with Crippen LogP contribution in [-0.2, 0) is 4.79 Å². The van der Waals surface area contributed by atoms with E-state index in [4.69, 9.17) is 0 Å². The lowest BCUT2D eigenvalue weighted by molar-refractivity contribution is -0.124. The molecule has 0 aromatic carbocycles. The molecular formula is C14H21N3O. The fourth-order valence-corrected chi connectivity index (χ4v) is 2.33. The summed E-state index contributed by atoms with van der Waals surface area (Å²) in [6, 6.07) is 5.65. The van der Waals surface area contributed by atoms with E-state index in [-0.39, 0.29) is 18.0 Å². The number of piperidine rings is 1. The van der Waals surface area contributed by atoms with Crippen molar-refractivity contribution in [2.45, 2.75) is 38.8 Å². The van der Waals surface area contributed by atoms with Crippen LogP contribution in [0.4, 0.5) is 0 Å². The maximum Gasteiger partial charge on any atom is 0.237 e. The van der Waals surface area contributed by atoms with E-state index in [9.17, 15) is 4.79 Å². The molecule has 4 nitrogen and oxygen atoms in total. The third kappa shape index (κ3) is 3.29. The largest absolute Gasteiger partial charge is 0.347 e. The van der Waals surface area contributed by atoms with Gasteiger partial charge in [0, 0.05) is 6.20 Å². The number of pyridine rings is 1. The molecule has 1 aliphatic rings. The van der Waals surface area contributed by atoms with Gasteiger partial charge < -0.3 is 10.6 Å². The van der Waals surface area contributed by atoms with Gasteiger partial charge in [0.15, 0.2) is 0 Å². The second kappa shape index (κ2) is 5.96. The number of rotatable bonds is 3. The zero-order valence-corrected chi connectivity index (χ0v) is 11.0. The Morgan fingerprint density at radius 3 is 3.06 bits per heavy atom. The van der Waals surface area contributed by atoms with E-state index in [1.54, 1.807) is 6.20 Å². The number of amides is 1. The number of nitrogens with zero attached hydrogens (tertiary/aromatic N) is 1. The van der Waals surface area contributed by atoms with E-state index >= 15 is 0 Å². The summed E-state index contributed by atoms with van der Waals surface area (Å²) in [7, 11) is 0. The second-order valence-electron chi connectivity index (χ2n) is 5.12. The molecule has 0 radical (unpaired) electrons. The minimum atomic E-state index is -0.0556. The van der Waals surface area contributed by atoms with Gasteiger partial charge in [-0.25, -0.2) is 0 Å². The standard InChI is InChI=1S/C14H21N3O/c1-10-6-8-16-13(9-10)14(18)17-11(2)12-5-3-4-7-15-12/h3-5,7,10-11,13,16H,6,8-9H2,1-2H3,(H,17,18)/t10?,11-,13?/m0/s1. The highest BCUT2D eigenvalue weighted by molar-refractivity contribution is 5.82. The molecular weight excluding hydrogens is 226 g/mol. The molecule has 0 spiro atoms. The van der Waals surface area contributed by atoms with Crippen LogP contribution in [0.25, 0.3) is 0 Å². The summed E-state index contributed by atoms with van der Waals surface area (Å²) in [5.74, 6) is 0.701. The van der Waals surface area contributed by atoms with Crippen LogP contribution in [0.5, 0.6) is 0 Å². The number of carbonyl (C=O) groups is 1. The van der Waals surface area contributed by atoms with Crippen molar-refractivity contribution in [3.63, 3.8) is 0 Å². The number of nitrogens with one attached hydrogen (secondary N) is 2. The van der Waals surface area contributed by atoms with Gasteiger partial charge in [-0.3, -0.25) is 9.78 Å². The van der Waals surface area contributed by atoms with Gasteiger partial charge >= 0.3 is 0 Å². The molecule has 1 aromatic rings. The van der Waals surface area contributed by atoms with Gasteiger partial charge in [0.25, 0.3) is 0 Å². The first-order chi connectivity index (χ1) is 8.66. The van der Waals surface area contributed by atoms with Crippen molar-refractivity contribution < 1.29 is 4.79 Å². The first-order valence-corrected chi connectivity index (χ1v) is 6.61. The quantitative estimate of drug-likeness (QED) is 0.854. The lowest BCUT2D eigenvalue weighted by atomic mass is 9.94. The molecule has 1 aliphatic heterocycles. The molecule has 2 unspecified atom stereocenters. The SMILES string of the molecule is CC1CCNC(C(=O)N[C@@H](C)c2ccccn2)C1. The van der Waals surface area contributed by atoms with E-state index in [2.05, 4.69) is 22.5 Å². The Kier molecular flexibility index (Phi) is 4.31. The number of hydrogen-bond acceptors (Lipinski definition) is 3. The highest BCUT2D eigenvalue weighted by atomic mass is 16.2. The third-order valence-corrected chi connectivity index (χ3v) is 3.47. The molecule has 2 N–H and O–H groups in total. The van der Waals surface area contributed by atoms with Crippen molar-refractivity contribution in [3.05, 3.63) is 30.1 Å². The molecule has 1 saturated heterocycles. The smallest absolute Gasteiger partial charge is 0.237 e. The molecule has 4 heteroatoms. The Hall–Kier alpha value is -1.42. The van der Waals surface area contributed by atoms with Crippen molar-refractivity contribution in [3.8, 4) is 0 Å². The monoisotopic (exact) mass is 247 g/mol. The Balaban J connectivity index is 1.91. The molecule has 2 heterocycles. The number of aromatic nitrogens is 1. The third-order valence-electron chi connectivity index (χ3n) is 3.47. The number of carbonyl (C=O) groups excluding carboxylic acids is 1. The molecule has 18 heavy (non-hydrogen) atoms. The minimum Gasteiger partial charge on any atom is -0.347 e. The first-order valence-electron chi connectivity index (χ1n) is 6.61. The fourth-order valence-electron chi connectivity index (χ4n) is 2.33. The Labute approximate surface area is 108 Å². The molecule has 0 aliphatic carbocycles. The summed E-state index contributed by atoms with van der Waals surface area (Å²) in [6.07, 6.45) is 3.82. The zero-order valence-electron chi connectivity index (χ0n) is 11.0. The van der Waals surface area contributed by atoms with Crippen molar-refractivity contribution in [2.75, 3.05) is 6.54 Å². The van der Waals surface area contributed by atoms with E-state index in [1.807, 2.05) is 25.1 Å². The molecule has 2 rings (SSSR count). The van der Waals surface area contributed by atoms with Gasteiger partial charge in [-0.05, 0) is 44.4 Å². The summed E-state index contributed by atoms with van der Waals surface area (Å²) >= 11 is 0. The lowest BCUT2D eigenvalue weighted by Crippen LogP contribution is -2.48. The van der Waals surface area contributed by atoms with Crippen LogP contribution < -0.4 is 10.6 Å². The van der Waals surface area contributed by atoms with Gasteiger partial charge in [-0.2, -0.15) is 0 Å². The van der Waals surface area contributed by atoms with Crippen molar-refractivity contribution in [2.24, 2.45) is 5.92 Å². The average Bonchev–Trinajstić information content (AvgIpc) is 2.39. The van der Waals surface area contributed by atoms with Crippen LogP contribution in [0.3, 0.4) is 0 Å². The molecule has 1 aromatic heterocycles. The maximum absolute atomic E-state index is 12.1. The molecule has 0 bridgehead atoms. The van der Waals surface area contributed by atoms with Crippen LogP contribution in [0, 0.1) is 5.92 Å². The summed E-state index contributed by atoms with van der Waals surface area (Å²) in [5.41, 5.74) is 0.898. The topological polar surface area (TPSA) is 54.0 Å². The normalized spacial score (nSPS) is 25.4. The zero-order chi connectivity index (χ0) is 13.0. The lowest BCUT2D eigenvalue weighted by Gasteiger charge is -2.28. The summed E-state index contributed by atoms with van der Waals surface area (Å²) < 4.78 is 0. The Morgan fingerprint density at radius 2 is 2.39 bits per heavy atom. The predicted octanol–water partition coefficient (Wildman–Crippen LogP) is 1.65. The Morgan fingerprint density at radius 1 is 1.56 bits per heavy atom. The van der Waals surface area contributed by atoms with Crippen LogP contribution in [0.1, 0.15) is 38.4 Å². The van der Waals surface area contributed by atoms with Gasteiger partial charge in [-0.1, -0.05) is 13.0 Å². The predicted molar refractivity (Wildman–Crippen MR) is 71.0 cm³/mol. The van der Waals surface area contributed by atoms with E-state index in [0.29, 0.717) is 5.92 Å².